The summed E-state index contributed by atoms with van der Waals surface area (Å²) in [5.41, 5.74) is 10.3. The highest BCUT2D eigenvalue weighted by molar-refractivity contribution is 8.03. The zero-order valence-electron chi connectivity index (χ0n) is 15.2. The summed E-state index contributed by atoms with van der Waals surface area (Å²) < 4.78 is 0. The Morgan fingerprint density at radius 2 is 2.32 bits per heavy atom. The molecule has 5 N–H and O–H groups in total. The van der Waals surface area contributed by atoms with Crippen LogP contribution in [0.15, 0.2) is 39.4 Å². The van der Waals surface area contributed by atoms with Gasteiger partial charge in [-0.1, -0.05) is 0 Å². The normalized spacial score (nSPS) is 27.6. The molecule has 4 rings (SSSR count). The van der Waals surface area contributed by atoms with Gasteiger partial charge in [-0.15, -0.1) is 29.1 Å². The second-order valence-electron chi connectivity index (χ2n) is 6.68. The third kappa shape index (κ3) is 3.10. The van der Waals surface area contributed by atoms with Gasteiger partial charge in [-0.25, -0.2) is 14.8 Å². The van der Waals surface area contributed by atoms with Crippen molar-refractivity contribution in [3.05, 3.63) is 34.4 Å². The van der Waals surface area contributed by atoms with E-state index in [4.69, 9.17) is 5.73 Å². The van der Waals surface area contributed by atoms with Gasteiger partial charge in [-0.3, -0.25) is 14.7 Å². The number of β-lactam (4-membered cyclic amide) rings is 1. The molecule has 0 aromatic rings. The van der Waals surface area contributed by atoms with E-state index in [0.717, 1.165) is 10.7 Å². The number of carboxylic acids is 1. The van der Waals surface area contributed by atoms with Crippen LogP contribution in [0.3, 0.4) is 0 Å². The zero-order valence-corrected chi connectivity index (χ0v) is 16.8. The van der Waals surface area contributed by atoms with Crippen molar-refractivity contribution < 1.29 is 19.8 Å². The number of fused-ring (bicyclic) bond motifs is 2. The average molecular weight is 425 g/mol. The third-order valence-electron chi connectivity index (χ3n) is 4.63. The smallest absolute Gasteiger partial charge is 0.352 e. The van der Waals surface area contributed by atoms with E-state index in [2.05, 4.69) is 10.5 Å². The number of aliphatic hydroxyl groups excluding tert-OH is 1. The summed E-state index contributed by atoms with van der Waals surface area (Å²) >= 11 is 2.92. The lowest BCUT2D eigenvalue weighted by atomic mass is 10.0. The minimum atomic E-state index is -1.11. The van der Waals surface area contributed by atoms with Crippen molar-refractivity contribution >= 4 is 41.1 Å². The number of aliphatic carboxylic acids is 1. The van der Waals surface area contributed by atoms with Gasteiger partial charge in [-0.2, -0.15) is 0 Å². The number of allylic oxidation sites excluding steroid dienone is 1. The van der Waals surface area contributed by atoms with Gasteiger partial charge >= 0.3 is 5.97 Å². The first-order chi connectivity index (χ1) is 13.3. The van der Waals surface area contributed by atoms with Crippen LogP contribution in [0.1, 0.15) is 13.8 Å². The monoisotopic (exact) mass is 424 g/mol. The molecule has 12 heteroatoms. The molecule has 28 heavy (non-hydrogen) atoms. The van der Waals surface area contributed by atoms with Crippen molar-refractivity contribution in [2.24, 2.45) is 10.7 Å². The molecule has 4 aliphatic rings. The van der Waals surface area contributed by atoms with Crippen molar-refractivity contribution in [1.82, 2.24) is 20.5 Å². The van der Waals surface area contributed by atoms with Crippen molar-refractivity contribution in [3.8, 4) is 0 Å². The highest BCUT2D eigenvalue weighted by Crippen LogP contribution is 2.41. The summed E-state index contributed by atoms with van der Waals surface area (Å²) in [7, 11) is 0. The molecular weight excluding hydrogens is 404 g/mol. The van der Waals surface area contributed by atoms with Gasteiger partial charge < -0.3 is 15.9 Å². The Morgan fingerprint density at radius 3 is 3.00 bits per heavy atom. The minimum absolute atomic E-state index is 0.0421. The molecule has 0 aliphatic carbocycles. The molecule has 4 aliphatic heterocycles. The van der Waals surface area contributed by atoms with Crippen molar-refractivity contribution in [2.75, 3.05) is 11.5 Å². The Bertz CT molecular complexity index is 867. The van der Waals surface area contributed by atoms with E-state index in [9.17, 15) is 19.8 Å². The first-order valence-corrected chi connectivity index (χ1v) is 10.6. The summed E-state index contributed by atoms with van der Waals surface area (Å²) in [5.74, 6) is 0.0811. The number of carbonyl (C=O) groups is 2. The minimum Gasteiger partial charge on any atom is -0.477 e. The SMILES string of the molecule is CC1=NC2=CN(C(C)O)NN2C(SCC2=C(C(=O)O)N3C(=O)C(N)[C@@H]3SC2)=C1. The molecule has 1 saturated heterocycles. The van der Waals surface area contributed by atoms with Crippen LogP contribution < -0.4 is 11.3 Å². The summed E-state index contributed by atoms with van der Waals surface area (Å²) in [5, 5.41) is 23.2. The number of aliphatic imine (C=N–C) groups is 1. The second-order valence-corrected chi connectivity index (χ2v) is 8.78. The van der Waals surface area contributed by atoms with Crippen molar-refractivity contribution in [2.45, 2.75) is 31.5 Å². The number of hydrazine groups is 2. The largest absolute Gasteiger partial charge is 0.477 e. The molecule has 0 spiro atoms. The lowest BCUT2D eigenvalue weighted by Gasteiger charge is -2.48. The van der Waals surface area contributed by atoms with E-state index < -0.39 is 18.2 Å². The summed E-state index contributed by atoms with van der Waals surface area (Å²) in [6, 6.07) is -0.638. The molecule has 0 saturated carbocycles. The maximum atomic E-state index is 12.1. The summed E-state index contributed by atoms with van der Waals surface area (Å²) in [4.78, 5) is 29.6. The van der Waals surface area contributed by atoms with Gasteiger partial charge in [0.15, 0.2) is 5.82 Å². The highest BCUT2D eigenvalue weighted by atomic mass is 32.2. The number of hydrogen-bond acceptors (Lipinski definition) is 10. The van der Waals surface area contributed by atoms with Crippen LogP contribution >= 0.6 is 23.5 Å². The first-order valence-electron chi connectivity index (χ1n) is 8.58. The number of hydrogen-bond donors (Lipinski definition) is 4. The Labute approximate surface area is 169 Å². The number of rotatable bonds is 5. The van der Waals surface area contributed by atoms with Gasteiger partial charge in [0.2, 0.25) is 5.91 Å². The predicted molar refractivity (Wildman–Crippen MR) is 106 cm³/mol. The number of carbonyl (C=O) groups excluding carboxylic acids is 1. The maximum Gasteiger partial charge on any atom is 0.352 e. The fourth-order valence-corrected chi connectivity index (χ4v) is 5.73. The van der Waals surface area contributed by atoms with Crippen LogP contribution in [-0.4, -0.2) is 71.9 Å². The van der Waals surface area contributed by atoms with Crippen molar-refractivity contribution in [3.63, 3.8) is 0 Å². The lowest BCUT2D eigenvalue weighted by Crippen LogP contribution is -2.68. The molecule has 0 aromatic carbocycles. The molecular formula is C16H20N6O4S2. The molecule has 1 amide bonds. The van der Waals surface area contributed by atoms with Gasteiger partial charge in [0.25, 0.3) is 0 Å². The molecule has 10 nitrogen and oxygen atoms in total. The zero-order chi connectivity index (χ0) is 20.2. The van der Waals surface area contributed by atoms with E-state index in [1.807, 2.05) is 13.0 Å². The third-order valence-corrected chi connectivity index (χ3v) is 7.08. The van der Waals surface area contributed by atoms with E-state index in [0.29, 0.717) is 22.9 Å². The Morgan fingerprint density at radius 1 is 1.57 bits per heavy atom. The van der Waals surface area contributed by atoms with Gasteiger partial charge in [0.1, 0.15) is 23.3 Å². The van der Waals surface area contributed by atoms with E-state index in [-0.39, 0.29) is 17.0 Å². The number of thioether (sulfide) groups is 2. The van der Waals surface area contributed by atoms with Crippen LogP contribution in [-0.2, 0) is 9.59 Å². The lowest BCUT2D eigenvalue weighted by molar-refractivity contribution is -0.147. The van der Waals surface area contributed by atoms with Crippen LogP contribution in [0.2, 0.25) is 0 Å². The molecule has 2 unspecified atom stereocenters. The van der Waals surface area contributed by atoms with Crippen LogP contribution in [0.4, 0.5) is 0 Å². The van der Waals surface area contributed by atoms with E-state index in [1.54, 1.807) is 18.1 Å². The number of nitrogens with zero attached hydrogens (tertiary/aromatic N) is 4. The van der Waals surface area contributed by atoms with Crippen molar-refractivity contribution in [1.29, 1.82) is 0 Å². The van der Waals surface area contributed by atoms with E-state index >= 15 is 0 Å². The first kappa shape index (κ1) is 19.3. The fourth-order valence-electron chi connectivity index (χ4n) is 3.22. The predicted octanol–water partition coefficient (Wildman–Crippen LogP) is -0.209. The second kappa shape index (κ2) is 7.12. The number of carboxylic acid groups (broad SMARTS) is 1. The van der Waals surface area contributed by atoms with E-state index in [1.165, 1.54) is 33.4 Å². The highest BCUT2D eigenvalue weighted by Gasteiger charge is 2.51. The molecule has 4 heterocycles. The molecule has 0 radical (unpaired) electrons. The van der Waals surface area contributed by atoms with Gasteiger partial charge in [0, 0.05) is 17.2 Å². The molecule has 0 bridgehead atoms. The number of aliphatic hydroxyl groups is 1. The van der Waals surface area contributed by atoms with Crippen LogP contribution in [0.5, 0.6) is 0 Å². The number of nitrogens with two attached hydrogens (primary N) is 1. The Hall–Kier alpha value is -1.99. The fraction of sp³-hybridized carbons (Fsp3) is 0.438. The Kier molecular flexibility index (Phi) is 4.91. The molecule has 0 aromatic heterocycles. The molecule has 150 valence electrons. The molecule has 3 atom stereocenters. The maximum absolute atomic E-state index is 12.1. The standard InChI is InChI=1S/C16H20N6O4S2/c1-7-3-11(22-10(18-7)4-20(19-22)8(2)23)27-5-9-6-28-15-12(17)14(24)21(15)13(9)16(25)26/h3-4,8,12,15,19,23H,5-6,17H2,1-2H3,(H,25,26)/t8?,12?,15-/m0/s1. The van der Waals surface area contributed by atoms with Crippen LogP contribution in [0, 0.1) is 0 Å². The quantitative estimate of drug-likeness (QED) is 0.439. The molecule has 1 fully saturated rings. The average Bonchev–Trinajstić information content (AvgIpc) is 3.08. The summed E-state index contributed by atoms with van der Waals surface area (Å²) in [6.07, 6.45) is 2.84. The van der Waals surface area contributed by atoms with Crippen LogP contribution in [0.25, 0.3) is 0 Å². The topological polar surface area (TPSA) is 135 Å². The number of nitrogens with one attached hydrogen (secondary N) is 1. The Balaban J connectivity index is 1.54. The number of amides is 1. The van der Waals surface area contributed by atoms with Gasteiger partial charge in [-0.05, 0) is 25.5 Å². The van der Waals surface area contributed by atoms with Gasteiger partial charge in [0.05, 0.1) is 11.2 Å². The summed E-state index contributed by atoms with van der Waals surface area (Å²) in [6.45, 7) is 3.50.